The highest BCUT2D eigenvalue weighted by molar-refractivity contribution is 5.91. The number of phenolic OH excluding ortho intramolecular Hbond substituents is 1. The number of aromatic nitrogens is 2. The molecule has 0 unspecified atom stereocenters. The molecule has 150 valence electrons. The number of imidazole rings is 1. The summed E-state index contributed by atoms with van der Waals surface area (Å²) in [7, 11) is 0. The molecule has 0 aliphatic rings. The summed E-state index contributed by atoms with van der Waals surface area (Å²) in [5.74, 6) is -2.35. The number of aromatic amines is 1. The van der Waals surface area contributed by atoms with Crippen LogP contribution < -0.4 is 16.4 Å². The second-order valence-corrected chi connectivity index (χ2v) is 6.40. The van der Waals surface area contributed by atoms with Gasteiger partial charge < -0.3 is 31.6 Å². The zero-order valence-electron chi connectivity index (χ0n) is 15.3. The van der Waals surface area contributed by atoms with Crippen molar-refractivity contribution in [1.29, 1.82) is 0 Å². The van der Waals surface area contributed by atoms with Crippen LogP contribution in [-0.4, -0.2) is 56.1 Å². The highest BCUT2D eigenvalue weighted by atomic mass is 16.4. The van der Waals surface area contributed by atoms with Crippen molar-refractivity contribution in [3.05, 3.63) is 48.0 Å². The topological polar surface area (TPSA) is 170 Å². The molecule has 28 heavy (non-hydrogen) atoms. The van der Waals surface area contributed by atoms with E-state index in [1.54, 1.807) is 12.1 Å². The maximum absolute atomic E-state index is 12.7. The zero-order valence-corrected chi connectivity index (χ0v) is 15.3. The normalized spacial score (nSPS) is 13.9. The SMILES string of the molecule is C[C@H](N)C(=O)N[C@@H](Cc1ccc(O)cc1)C(=O)N[C@@H](Cc1cnc[nH]1)C(=O)O. The Balaban J connectivity index is 2.14. The summed E-state index contributed by atoms with van der Waals surface area (Å²) in [4.78, 5) is 42.8. The predicted molar refractivity (Wildman–Crippen MR) is 99.2 cm³/mol. The van der Waals surface area contributed by atoms with Crippen molar-refractivity contribution < 1.29 is 24.6 Å². The Kier molecular flexibility index (Phi) is 7.10. The van der Waals surface area contributed by atoms with Gasteiger partial charge in [-0.05, 0) is 24.6 Å². The van der Waals surface area contributed by atoms with Gasteiger partial charge >= 0.3 is 5.97 Å². The van der Waals surface area contributed by atoms with Gasteiger partial charge in [0, 0.05) is 24.7 Å². The number of aromatic hydroxyl groups is 1. The number of hydrogen-bond acceptors (Lipinski definition) is 6. The maximum Gasteiger partial charge on any atom is 0.326 e. The minimum absolute atomic E-state index is 0.00818. The lowest BCUT2D eigenvalue weighted by molar-refractivity contribution is -0.142. The minimum Gasteiger partial charge on any atom is -0.508 e. The van der Waals surface area contributed by atoms with Crippen LogP contribution in [0.25, 0.3) is 0 Å². The molecule has 0 fully saturated rings. The van der Waals surface area contributed by atoms with E-state index in [2.05, 4.69) is 20.6 Å². The first-order chi connectivity index (χ1) is 13.3. The van der Waals surface area contributed by atoms with Crippen molar-refractivity contribution in [3.8, 4) is 5.75 Å². The van der Waals surface area contributed by atoms with Crippen molar-refractivity contribution in [2.75, 3.05) is 0 Å². The van der Waals surface area contributed by atoms with Crippen LogP contribution >= 0.6 is 0 Å². The Hall–Kier alpha value is -3.40. The molecule has 0 saturated heterocycles. The molecule has 2 aromatic rings. The first kappa shape index (κ1) is 20.9. The number of carbonyl (C=O) groups is 3. The van der Waals surface area contributed by atoms with Crippen molar-refractivity contribution in [3.63, 3.8) is 0 Å². The molecule has 2 rings (SSSR count). The predicted octanol–water partition coefficient (Wildman–Crippen LogP) is -0.698. The van der Waals surface area contributed by atoms with Gasteiger partial charge in [0.05, 0.1) is 12.4 Å². The van der Waals surface area contributed by atoms with E-state index in [1.807, 2.05) is 0 Å². The third kappa shape index (κ3) is 6.09. The summed E-state index contributed by atoms with van der Waals surface area (Å²) in [6, 6.07) is 3.04. The molecular weight excluding hydrogens is 366 g/mol. The average molecular weight is 389 g/mol. The lowest BCUT2D eigenvalue weighted by Gasteiger charge is -2.22. The number of carboxylic acids is 1. The lowest BCUT2D eigenvalue weighted by Crippen LogP contribution is -2.55. The Morgan fingerprint density at radius 3 is 2.29 bits per heavy atom. The average Bonchev–Trinajstić information content (AvgIpc) is 3.15. The van der Waals surface area contributed by atoms with Crippen molar-refractivity contribution in [2.45, 2.75) is 37.9 Å². The number of amides is 2. The first-order valence-electron chi connectivity index (χ1n) is 8.60. The fourth-order valence-corrected chi connectivity index (χ4v) is 2.47. The minimum atomic E-state index is -1.22. The number of aliphatic carboxylic acids is 1. The summed E-state index contributed by atoms with van der Waals surface area (Å²) < 4.78 is 0. The number of hydrogen-bond donors (Lipinski definition) is 6. The fraction of sp³-hybridized carbons (Fsp3) is 0.333. The van der Waals surface area contributed by atoms with Gasteiger partial charge in [-0.25, -0.2) is 9.78 Å². The second-order valence-electron chi connectivity index (χ2n) is 6.40. The van der Waals surface area contributed by atoms with E-state index in [-0.39, 0.29) is 18.6 Å². The van der Waals surface area contributed by atoms with E-state index in [0.717, 1.165) is 0 Å². The monoisotopic (exact) mass is 389 g/mol. The molecule has 0 saturated carbocycles. The van der Waals surface area contributed by atoms with Gasteiger partial charge in [0.15, 0.2) is 0 Å². The van der Waals surface area contributed by atoms with E-state index in [0.29, 0.717) is 11.3 Å². The standard InChI is InChI=1S/C18H23N5O5/c1-10(19)16(25)22-14(6-11-2-4-13(24)5-3-11)17(26)23-15(18(27)28)7-12-8-20-9-21-12/h2-5,8-10,14-15,24H,6-7,19H2,1H3,(H,20,21)(H,22,25)(H,23,26)(H,27,28)/t10-,14-,15-/m0/s1. The van der Waals surface area contributed by atoms with Gasteiger partial charge in [-0.3, -0.25) is 9.59 Å². The molecule has 0 radical (unpaired) electrons. The number of carbonyl (C=O) groups excluding carboxylic acids is 2. The summed E-state index contributed by atoms with van der Waals surface area (Å²) in [5, 5.41) is 23.8. The van der Waals surface area contributed by atoms with Crippen LogP contribution in [0.4, 0.5) is 0 Å². The van der Waals surface area contributed by atoms with Gasteiger partial charge in [0.2, 0.25) is 11.8 Å². The number of nitrogens with zero attached hydrogens (tertiary/aromatic N) is 1. The van der Waals surface area contributed by atoms with Gasteiger partial charge in [-0.15, -0.1) is 0 Å². The summed E-state index contributed by atoms with van der Waals surface area (Å²) >= 11 is 0. The number of phenols is 1. The van der Waals surface area contributed by atoms with E-state index in [1.165, 1.54) is 31.6 Å². The van der Waals surface area contributed by atoms with Crippen LogP contribution in [0.1, 0.15) is 18.2 Å². The molecule has 0 bridgehead atoms. The Morgan fingerprint density at radius 2 is 1.75 bits per heavy atom. The number of nitrogens with two attached hydrogens (primary N) is 1. The molecule has 0 aliphatic heterocycles. The van der Waals surface area contributed by atoms with Crippen LogP contribution in [-0.2, 0) is 27.2 Å². The van der Waals surface area contributed by atoms with Crippen LogP contribution in [0.2, 0.25) is 0 Å². The van der Waals surface area contributed by atoms with Crippen molar-refractivity contribution >= 4 is 17.8 Å². The Labute approximate surface area is 161 Å². The molecule has 10 heteroatoms. The second kappa shape index (κ2) is 9.51. The van der Waals surface area contributed by atoms with Crippen LogP contribution in [0.15, 0.2) is 36.8 Å². The van der Waals surface area contributed by atoms with Crippen LogP contribution in [0.5, 0.6) is 5.75 Å². The highest BCUT2D eigenvalue weighted by Gasteiger charge is 2.28. The lowest BCUT2D eigenvalue weighted by atomic mass is 10.0. The smallest absolute Gasteiger partial charge is 0.326 e. The molecule has 1 aromatic carbocycles. The highest BCUT2D eigenvalue weighted by Crippen LogP contribution is 2.12. The summed E-state index contributed by atoms with van der Waals surface area (Å²) in [6.45, 7) is 1.48. The van der Waals surface area contributed by atoms with E-state index in [9.17, 15) is 24.6 Å². The Morgan fingerprint density at radius 1 is 1.11 bits per heavy atom. The number of carboxylic acid groups (broad SMARTS) is 1. The van der Waals surface area contributed by atoms with Crippen LogP contribution in [0, 0.1) is 0 Å². The van der Waals surface area contributed by atoms with Gasteiger partial charge in [-0.2, -0.15) is 0 Å². The maximum atomic E-state index is 12.7. The molecule has 10 nitrogen and oxygen atoms in total. The number of benzene rings is 1. The van der Waals surface area contributed by atoms with Crippen molar-refractivity contribution in [1.82, 2.24) is 20.6 Å². The van der Waals surface area contributed by atoms with Gasteiger partial charge in [0.25, 0.3) is 0 Å². The molecule has 2 amide bonds. The number of nitrogens with one attached hydrogen (secondary N) is 3. The molecular formula is C18H23N5O5. The fourth-order valence-electron chi connectivity index (χ4n) is 2.47. The molecule has 3 atom stereocenters. The molecule has 1 heterocycles. The third-order valence-electron chi connectivity index (χ3n) is 4.02. The number of rotatable bonds is 9. The zero-order chi connectivity index (χ0) is 20.7. The summed E-state index contributed by atoms with van der Waals surface area (Å²) in [5.41, 5.74) is 6.77. The van der Waals surface area contributed by atoms with E-state index >= 15 is 0 Å². The van der Waals surface area contributed by atoms with E-state index in [4.69, 9.17) is 5.73 Å². The number of H-pyrrole nitrogens is 1. The molecule has 1 aromatic heterocycles. The largest absolute Gasteiger partial charge is 0.508 e. The molecule has 0 aliphatic carbocycles. The quantitative estimate of drug-likeness (QED) is 0.329. The van der Waals surface area contributed by atoms with Gasteiger partial charge in [0.1, 0.15) is 17.8 Å². The molecule has 0 spiro atoms. The third-order valence-corrected chi connectivity index (χ3v) is 4.02. The van der Waals surface area contributed by atoms with Gasteiger partial charge in [-0.1, -0.05) is 12.1 Å². The molecule has 7 N–H and O–H groups in total. The summed E-state index contributed by atoms with van der Waals surface area (Å²) in [6.07, 6.45) is 2.98. The Bertz CT molecular complexity index is 804. The van der Waals surface area contributed by atoms with Crippen LogP contribution in [0.3, 0.4) is 0 Å². The first-order valence-corrected chi connectivity index (χ1v) is 8.60. The van der Waals surface area contributed by atoms with E-state index < -0.39 is 35.9 Å². The van der Waals surface area contributed by atoms with Crippen molar-refractivity contribution in [2.24, 2.45) is 5.73 Å².